The Bertz CT molecular complexity index is 1640. The van der Waals surface area contributed by atoms with E-state index in [0.29, 0.717) is 11.3 Å². The van der Waals surface area contributed by atoms with Crippen molar-refractivity contribution in [2.45, 2.75) is 17.5 Å². The number of methoxy groups -OCH3 is 1. The van der Waals surface area contributed by atoms with Crippen LogP contribution < -0.4 is 11.1 Å². The number of carbonyl (C=O) groups excluding carboxylic acids is 4. The van der Waals surface area contributed by atoms with E-state index in [2.05, 4.69) is 20.2 Å². The molecule has 2 atom stereocenters. The largest absolute Gasteiger partial charge is 0.466 e. The molecule has 2 aliphatic rings. The number of hydrogen-bond acceptors (Lipinski definition) is 12. The number of anilines is 1. The molecule has 1 fully saturated rings. The number of allylic oxidation sites excluding steroid dienone is 1. The van der Waals surface area contributed by atoms with Gasteiger partial charge < -0.3 is 25.4 Å². The number of carbonyl (C=O) groups is 4. The topological polar surface area (TPSA) is 163 Å². The summed E-state index contributed by atoms with van der Waals surface area (Å²) in [6.07, 6.45) is 0.791. The van der Waals surface area contributed by atoms with E-state index < -0.39 is 47.9 Å². The average Bonchev–Trinajstić information content (AvgIpc) is 3.50. The fourth-order valence-corrected chi connectivity index (χ4v) is 6.62. The lowest BCUT2D eigenvalue weighted by molar-refractivity contribution is -0.154. The van der Waals surface area contributed by atoms with E-state index in [-0.39, 0.29) is 22.2 Å². The van der Waals surface area contributed by atoms with Crippen LogP contribution in [0.25, 0.3) is 0 Å². The molecular weight excluding hydrogens is 642 g/mol. The third kappa shape index (κ3) is 7.03. The second-order valence-corrected chi connectivity index (χ2v) is 11.7. The quantitative estimate of drug-likeness (QED) is 0.134. The highest BCUT2D eigenvalue weighted by Crippen LogP contribution is 2.42. The minimum absolute atomic E-state index is 0.0330. The van der Waals surface area contributed by atoms with Gasteiger partial charge in [-0.15, -0.1) is 23.1 Å². The highest BCUT2D eigenvalue weighted by molar-refractivity contribution is 8.00. The van der Waals surface area contributed by atoms with E-state index >= 15 is 0 Å². The Hall–Kier alpha value is -4.66. The van der Waals surface area contributed by atoms with Crippen LogP contribution in [0.15, 0.2) is 94.1 Å². The van der Waals surface area contributed by atoms with Gasteiger partial charge in [-0.25, -0.2) is 14.6 Å². The number of amides is 2. The Labute approximate surface area is 270 Å². The fourth-order valence-electron chi connectivity index (χ4n) is 4.60. The van der Waals surface area contributed by atoms with Gasteiger partial charge in [-0.3, -0.25) is 14.5 Å². The van der Waals surface area contributed by atoms with Gasteiger partial charge in [0.2, 0.25) is 6.61 Å². The number of nitrogens with zero attached hydrogens (tertiary/aromatic N) is 3. The van der Waals surface area contributed by atoms with Crippen LogP contribution >= 0.6 is 34.7 Å². The lowest BCUT2D eigenvalue weighted by Gasteiger charge is -2.49. The summed E-state index contributed by atoms with van der Waals surface area (Å²) in [6.45, 7) is -0.554. The minimum Gasteiger partial charge on any atom is -0.466 e. The summed E-state index contributed by atoms with van der Waals surface area (Å²) >= 11 is 8.30. The van der Waals surface area contributed by atoms with Crippen LogP contribution in [-0.2, 0) is 33.5 Å². The minimum atomic E-state index is -1.02. The van der Waals surface area contributed by atoms with Gasteiger partial charge in [0.15, 0.2) is 16.9 Å². The van der Waals surface area contributed by atoms with Crippen LogP contribution in [-0.4, -0.2) is 70.2 Å². The first-order chi connectivity index (χ1) is 21.8. The number of thiazole rings is 1. The number of halogens is 1. The smallest absolute Gasteiger partial charge is 0.356 e. The molecule has 15 heteroatoms. The molecule has 1 aromatic heterocycles. The first-order valence-electron chi connectivity index (χ1n) is 13.4. The molecule has 0 spiro atoms. The molecule has 45 heavy (non-hydrogen) atoms. The molecule has 2 amide bonds. The Morgan fingerprint density at radius 2 is 1.82 bits per heavy atom. The molecule has 0 bridgehead atoms. The van der Waals surface area contributed by atoms with Crippen molar-refractivity contribution in [3.05, 3.63) is 106 Å². The maximum absolute atomic E-state index is 13.9. The second-order valence-electron chi connectivity index (χ2n) is 9.49. The molecule has 2 aromatic carbocycles. The molecule has 0 radical (unpaired) electrons. The van der Waals surface area contributed by atoms with Crippen molar-refractivity contribution >= 4 is 69.3 Å². The molecule has 0 saturated carbocycles. The summed E-state index contributed by atoms with van der Waals surface area (Å²) in [6, 6.07) is 17.5. The number of esters is 2. The monoisotopic (exact) mass is 667 g/mol. The number of hydrogen-bond donors (Lipinski definition) is 2. The molecule has 232 valence electrons. The molecule has 0 aliphatic carbocycles. The Kier molecular flexibility index (Phi) is 10.2. The average molecular weight is 668 g/mol. The number of fused-ring (bicyclic) bond motifs is 1. The predicted octanol–water partition coefficient (Wildman–Crippen LogP) is 3.36. The van der Waals surface area contributed by atoms with Gasteiger partial charge in [0, 0.05) is 16.7 Å². The van der Waals surface area contributed by atoms with Crippen LogP contribution in [0.2, 0.25) is 0 Å². The number of benzene rings is 2. The number of thioether (sulfide) groups is 1. The summed E-state index contributed by atoms with van der Waals surface area (Å²) < 4.78 is 10.6. The maximum Gasteiger partial charge on any atom is 0.356 e. The van der Waals surface area contributed by atoms with Crippen molar-refractivity contribution < 1.29 is 33.5 Å². The first kappa shape index (κ1) is 31.8. The number of oxime groups is 1. The van der Waals surface area contributed by atoms with Crippen LogP contribution in [0.4, 0.5) is 5.13 Å². The van der Waals surface area contributed by atoms with Gasteiger partial charge in [0.05, 0.1) is 7.11 Å². The van der Waals surface area contributed by atoms with Crippen LogP contribution in [0.1, 0.15) is 22.9 Å². The van der Waals surface area contributed by atoms with E-state index in [1.165, 1.54) is 40.8 Å². The van der Waals surface area contributed by atoms with Gasteiger partial charge in [-0.05, 0) is 22.8 Å². The molecular formula is C30H26ClN5O7S2. The number of nitrogens with two attached hydrogens (primary N) is 1. The molecule has 1 unspecified atom stereocenters. The number of nitrogens with one attached hydrogen (secondary N) is 1. The van der Waals surface area contributed by atoms with Crippen LogP contribution in [0, 0.1) is 0 Å². The molecule has 3 aromatic rings. The van der Waals surface area contributed by atoms with E-state index in [1.807, 2.05) is 60.7 Å². The van der Waals surface area contributed by atoms with Gasteiger partial charge in [0.25, 0.3) is 11.8 Å². The van der Waals surface area contributed by atoms with Crippen LogP contribution in [0.3, 0.4) is 0 Å². The van der Waals surface area contributed by atoms with Crippen molar-refractivity contribution in [1.82, 2.24) is 15.2 Å². The Balaban J connectivity index is 1.38. The van der Waals surface area contributed by atoms with Gasteiger partial charge in [-0.2, -0.15) is 0 Å². The summed E-state index contributed by atoms with van der Waals surface area (Å²) in [5, 5.41) is 7.43. The molecule has 3 heterocycles. The third-order valence-corrected chi connectivity index (χ3v) is 8.82. The van der Waals surface area contributed by atoms with Gasteiger partial charge >= 0.3 is 11.9 Å². The molecule has 5 rings (SSSR count). The SMILES string of the molecule is COC(=O)CON=C(C(=O)NC1C(=O)N2C(C(=O)OC(c3ccccc3)c3ccccc3)=C(/C=C/Cl)CS[C@@H]12)c1csc(N)n1. The first-order valence-corrected chi connectivity index (χ1v) is 15.7. The number of aromatic nitrogens is 1. The lowest BCUT2D eigenvalue weighted by Crippen LogP contribution is -2.71. The summed E-state index contributed by atoms with van der Waals surface area (Å²) in [5.41, 5.74) is 8.80. The molecule has 1 saturated heterocycles. The van der Waals surface area contributed by atoms with E-state index in [9.17, 15) is 19.2 Å². The van der Waals surface area contributed by atoms with E-state index in [1.54, 1.807) is 0 Å². The second kappa shape index (κ2) is 14.4. The zero-order chi connectivity index (χ0) is 31.9. The predicted molar refractivity (Wildman–Crippen MR) is 169 cm³/mol. The zero-order valence-corrected chi connectivity index (χ0v) is 26.0. The van der Waals surface area contributed by atoms with Gasteiger partial charge in [0.1, 0.15) is 22.8 Å². The Morgan fingerprint density at radius 1 is 1.16 bits per heavy atom. The third-order valence-electron chi connectivity index (χ3n) is 6.72. The molecule has 12 nitrogen and oxygen atoms in total. The highest BCUT2D eigenvalue weighted by Gasteiger charge is 2.54. The highest BCUT2D eigenvalue weighted by atomic mass is 35.5. The number of ether oxygens (including phenoxy) is 2. The Morgan fingerprint density at radius 3 is 2.40 bits per heavy atom. The molecule has 2 aliphatic heterocycles. The number of β-lactam (4-membered cyclic amide) rings is 1. The van der Waals surface area contributed by atoms with Crippen molar-refractivity contribution in [2.24, 2.45) is 5.16 Å². The van der Waals surface area contributed by atoms with Crippen molar-refractivity contribution in [3.8, 4) is 0 Å². The van der Waals surface area contributed by atoms with E-state index in [0.717, 1.165) is 22.5 Å². The lowest BCUT2D eigenvalue weighted by atomic mass is 10.0. The summed E-state index contributed by atoms with van der Waals surface area (Å²) in [4.78, 5) is 62.6. The summed E-state index contributed by atoms with van der Waals surface area (Å²) in [5.74, 6) is -2.47. The standard InChI is InChI=1S/C30H26ClN5O7S2/c1-41-21(37)14-42-35-22(20-16-45-30(32)33-20)26(38)34-23-27(39)36-24(19(12-13-31)15-44-28(23)36)29(40)43-25(17-8-4-2-5-9-17)18-10-6-3-7-11-18/h2-13,16,23,25,28H,14-15H2,1H3,(H2,32,33)(H,34,38)/b13-12+,35-22?/t23?,28-/m0/s1. The van der Waals surface area contributed by atoms with Gasteiger partial charge in [-0.1, -0.05) is 77.4 Å². The van der Waals surface area contributed by atoms with Crippen molar-refractivity contribution in [2.75, 3.05) is 25.2 Å². The van der Waals surface area contributed by atoms with E-state index in [4.69, 9.17) is 26.9 Å². The van der Waals surface area contributed by atoms with Crippen molar-refractivity contribution in [3.63, 3.8) is 0 Å². The number of rotatable bonds is 11. The number of nitrogen functional groups attached to an aromatic ring is 1. The molecule has 3 N–H and O–H groups in total. The fraction of sp³-hybridized carbons (Fsp3) is 0.200. The summed E-state index contributed by atoms with van der Waals surface area (Å²) in [7, 11) is 1.18. The van der Waals surface area contributed by atoms with Crippen LogP contribution in [0.5, 0.6) is 0 Å². The normalized spacial score (nSPS) is 18.0. The maximum atomic E-state index is 13.9. The zero-order valence-electron chi connectivity index (χ0n) is 23.6. The van der Waals surface area contributed by atoms with Crippen molar-refractivity contribution in [1.29, 1.82) is 0 Å².